The topological polar surface area (TPSA) is 27.7 Å². The van der Waals surface area contributed by atoms with Gasteiger partial charge in [0, 0.05) is 23.1 Å². The van der Waals surface area contributed by atoms with Crippen molar-refractivity contribution >= 4 is 0 Å². The van der Waals surface area contributed by atoms with Gasteiger partial charge in [-0.1, -0.05) is 18.2 Å². The Hall–Kier alpha value is -3.37. The molecule has 3 aromatic carbocycles. The molecule has 1 heterocycles. The van der Waals surface area contributed by atoms with Gasteiger partial charge in [0.1, 0.15) is 17.4 Å². The largest absolute Gasteiger partial charge is 0.432 e. The SMILES string of the molecule is C=CCCC1COC(c2ccc(C3CCC(C(F)(F)Oc4ccc(-c5cc(F)c(F)c(F)c5)c(F)c4)CC3)c(F)c2)OC1. The van der Waals surface area contributed by atoms with Gasteiger partial charge >= 0.3 is 6.11 Å². The second-order valence-electron chi connectivity index (χ2n) is 11.1. The highest BCUT2D eigenvalue weighted by molar-refractivity contribution is 5.65. The van der Waals surface area contributed by atoms with Crippen molar-refractivity contribution in [2.24, 2.45) is 11.8 Å². The molecule has 1 aliphatic heterocycles. The molecule has 0 spiro atoms. The van der Waals surface area contributed by atoms with Crippen LogP contribution in [-0.4, -0.2) is 19.3 Å². The molecule has 1 saturated carbocycles. The Morgan fingerprint density at radius 2 is 1.49 bits per heavy atom. The Morgan fingerprint density at radius 1 is 0.814 bits per heavy atom. The summed E-state index contributed by atoms with van der Waals surface area (Å²) in [5.41, 5.74) is 0.399. The van der Waals surface area contributed by atoms with Crippen molar-refractivity contribution in [3.63, 3.8) is 0 Å². The van der Waals surface area contributed by atoms with Crippen LogP contribution in [0.15, 0.2) is 61.2 Å². The summed E-state index contributed by atoms with van der Waals surface area (Å²) >= 11 is 0. The van der Waals surface area contributed by atoms with Gasteiger partial charge in [-0.15, -0.1) is 6.58 Å². The maximum atomic E-state index is 15.1. The first kappa shape index (κ1) is 31.1. The van der Waals surface area contributed by atoms with Crippen LogP contribution in [0, 0.1) is 40.9 Å². The van der Waals surface area contributed by atoms with Crippen molar-refractivity contribution in [3.8, 4) is 16.9 Å². The molecule has 1 saturated heterocycles. The molecule has 3 aromatic rings. The van der Waals surface area contributed by atoms with E-state index in [-0.39, 0.29) is 35.8 Å². The smallest absolute Gasteiger partial charge is 0.400 e. The number of alkyl halides is 2. The fourth-order valence-corrected chi connectivity index (χ4v) is 5.76. The van der Waals surface area contributed by atoms with Crippen LogP contribution in [0.1, 0.15) is 61.9 Å². The summed E-state index contributed by atoms with van der Waals surface area (Å²) in [4.78, 5) is 0. The molecule has 0 N–H and O–H groups in total. The highest BCUT2D eigenvalue weighted by Gasteiger charge is 2.44. The lowest BCUT2D eigenvalue weighted by molar-refractivity contribution is -0.222. The van der Waals surface area contributed by atoms with Crippen molar-refractivity contribution in [2.75, 3.05) is 13.2 Å². The molecule has 0 unspecified atom stereocenters. The molecule has 0 aromatic heterocycles. The average molecular weight is 609 g/mol. The van der Waals surface area contributed by atoms with E-state index in [0.29, 0.717) is 55.4 Å². The van der Waals surface area contributed by atoms with E-state index in [9.17, 15) is 17.6 Å². The van der Waals surface area contributed by atoms with E-state index in [0.717, 1.165) is 25.0 Å². The van der Waals surface area contributed by atoms with Gasteiger partial charge in [-0.3, -0.25) is 0 Å². The van der Waals surface area contributed by atoms with Crippen LogP contribution in [0.25, 0.3) is 11.1 Å². The van der Waals surface area contributed by atoms with Crippen molar-refractivity contribution in [2.45, 2.75) is 56.8 Å². The van der Waals surface area contributed by atoms with Crippen molar-refractivity contribution in [3.05, 3.63) is 101 Å². The van der Waals surface area contributed by atoms with Crippen molar-refractivity contribution < 1.29 is 44.9 Å². The number of rotatable bonds is 9. The van der Waals surface area contributed by atoms with Crippen LogP contribution in [0.3, 0.4) is 0 Å². The molecule has 1 aliphatic carbocycles. The third kappa shape index (κ3) is 7.07. The molecule has 2 aliphatic rings. The van der Waals surface area contributed by atoms with Crippen LogP contribution in [0.5, 0.6) is 5.75 Å². The Labute approximate surface area is 245 Å². The number of hydrogen-bond donors (Lipinski definition) is 0. The fraction of sp³-hybridized carbons (Fsp3) is 0.394. The molecule has 0 atom stereocenters. The van der Waals surface area contributed by atoms with E-state index in [2.05, 4.69) is 6.58 Å². The zero-order chi connectivity index (χ0) is 30.7. The van der Waals surface area contributed by atoms with E-state index in [1.54, 1.807) is 12.1 Å². The highest BCUT2D eigenvalue weighted by atomic mass is 19.3. The van der Waals surface area contributed by atoms with Gasteiger partial charge in [0.05, 0.1) is 19.1 Å². The lowest BCUT2D eigenvalue weighted by atomic mass is 9.78. The van der Waals surface area contributed by atoms with Gasteiger partial charge in [0.25, 0.3) is 0 Å². The Bertz CT molecular complexity index is 1420. The van der Waals surface area contributed by atoms with E-state index < -0.39 is 53.2 Å². The molecule has 0 amide bonds. The van der Waals surface area contributed by atoms with E-state index in [4.69, 9.17) is 14.2 Å². The molecule has 230 valence electrons. The third-order valence-corrected chi connectivity index (χ3v) is 8.17. The number of allylic oxidation sites excluding steroid dienone is 1. The monoisotopic (exact) mass is 608 g/mol. The van der Waals surface area contributed by atoms with Gasteiger partial charge in [0.15, 0.2) is 23.7 Å². The highest BCUT2D eigenvalue weighted by Crippen LogP contribution is 2.44. The van der Waals surface area contributed by atoms with Crippen LogP contribution in [0.4, 0.5) is 30.7 Å². The number of halogens is 7. The Kier molecular flexibility index (Phi) is 9.46. The first-order valence-electron chi connectivity index (χ1n) is 14.2. The Morgan fingerprint density at radius 3 is 2.09 bits per heavy atom. The van der Waals surface area contributed by atoms with Crippen molar-refractivity contribution in [1.82, 2.24) is 0 Å². The molecule has 0 radical (unpaired) electrons. The summed E-state index contributed by atoms with van der Waals surface area (Å²) in [5, 5.41) is 0. The average Bonchev–Trinajstić information content (AvgIpc) is 2.99. The number of ether oxygens (including phenoxy) is 3. The maximum Gasteiger partial charge on any atom is 0.400 e. The zero-order valence-electron chi connectivity index (χ0n) is 23.2. The minimum absolute atomic E-state index is 0.0501. The second-order valence-corrected chi connectivity index (χ2v) is 11.1. The van der Waals surface area contributed by atoms with E-state index >= 15 is 13.2 Å². The van der Waals surface area contributed by atoms with Gasteiger partial charge in [-0.2, -0.15) is 8.78 Å². The predicted octanol–water partition coefficient (Wildman–Crippen LogP) is 9.62. The fourth-order valence-electron chi connectivity index (χ4n) is 5.76. The molecule has 5 rings (SSSR count). The standard InChI is InChI=1S/C33H31F7O3/c1-2-3-4-19-17-41-32(42-18-19)21-7-11-25(27(34)13-21)20-5-8-23(9-6-20)33(39,40)43-24-10-12-26(28(35)16-24)22-14-29(36)31(38)30(37)15-22/h2,7,10-16,19-20,23,32H,1,3-6,8-9,17-18H2. The summed E-state index contributed by atoms with van der Waals surface area (Å²) in [6, 6.07) is 8.76. The van der Waals surface area contributed by atoms with Crippen molar-refractivity contribution in [1.29, 1.82) is 0 Å². The molecule has 43 heavy (non-hydrogen) atoms. The second kappa shape index (κ2) is 13.1. The molecule has 3 nitrogen and oxygen atoms in total. The van der Waals surface area contributed by atoms with Gasteiger partial charge in [-0.25, -0.2) is 22.0 Å². The van der Waals surface area contributed by atoms with Crippen LogP contribution in [-0.2, 0) is 9.47 Å². The number of hydrogen-bond acceptors (Lipinski definition) is 3. The van der Waals surface area contributed by atoms with Crippen LogP contribution in [0.2, 0.25) is 0 Å². The lowest BCUT2D eigenvalue weighted by Crippen LogP contribution is -2.37. The van der Waals surface area contributed by atoms with Gasteiger partial charge in [0.2, 0.25) is 0 Å². The Balaban J connectivity index is 1.18. The number of benzene rings is 3. The molecule has 0 bridgehead atoms. The minimum Gasteiger partial charge on any atom is -0.432 e. The maximum absolute atomic E-state index is 15.1. The summed E-state index contributed by atoms with van der Waals surface area (Å²) in [6.45, 7) is 4.73. The molecule has 2 fully saturated rings. The summed E-state index contributed by atoms with van der Waals surface area (Å²) in [6.07, 6.45) is 0.0101. The predicted molar refractivity (Wildman–Crippen MR) is 146 cm³/mol. The quantitative estimate of drug-likeness (QED) is 0.138. The summed E-state index contributed by atoms with van der Waals surface area (Å²) < 4.78 is 117. The van der Waals surface area contributed by atoms with Gasteiger partial charge < -0.3 is 14.2 Å². The van der Waals surface area contributed by atoms with Gasteiger partial charge in [-0.05, 0) is 85.9 Å². The zero-order valence-corrected chi connectivity index (χ0v) is 23.2. The molecular formula is C33H31F7O3. The van der Waals surface area contributed by atoms with Crippen LogP contribution < -0.4 is 4.74 Å². The first-order chi connectivity index (χ1) is 20.6. The minimum atomic E-state index is -3.64. The van der Waals surface area contributed by atoms with E-state index in [1.807, 2.05) is 6.08 Å². The molecular weight excluding hydrogens is 577 g/mol. The van der Waals surface area contributed by atoms with E-state index in [1.165, 1.54) is 6.07 Å². The third-order valence-electron chi connectivity index (χ3n) is 8.17. The van der Waals surface area contributed by atoms with Crippen LogP contribution >= 0.6 is 0 Å². The lowest BCUT2D eigenvalue weighted by Gasteiger charge is -2.34. The normalized spacial score (nSPS) is 22.8. The molecule has 10 heteroatoms. The summed E-state index contributed by atoms with van der Waals surface area (Å²) in [7, 11) is 0. The summed E-state index contributed by atoms with van der Waals surface area (Å²) in [5.74, 6) is -7.89. The first-order valence-corrected chi connectivity index (χ1v) is 14.2.